The molecule has 0 atom stereocenters. The van der Waals surface area contributed by atoms with E-state index in [0.717, 1.165) is 16.7 Å². The van der Waals surface area contributed by atoms with Crippen LogP contribution in [0.4, 0.5) is 0 Å². The van der Waals surface area contributed by atoms with E-state index in [2.05, 4.69) is 10.8 Å². The van der Waals surface area contributed by atoms with Crippen LogP contribution in [0.5, 0.6) is 0 Å². The van der Waals surface area contributed by atoms with Crippen LogP contribution in [-0.4, -0.2) is 13.1 Å². The molecular formula is C17H13NO2. The normalized spacial score (nSPS) is 10.2. The number of carbonyl (C=O) groups excluding carboxylic acids is 1. The summed E-state index contributed by atoms with van der Waals surface area (Å²) in [5, 5.41) is 8.98. The molecule has 2 aromatic rings. The molecule has 0 spiro atoms. The number of hydrogen-bond donors (Lipinski definition) is 0. The van der Waals surface area contributed by atoms with Crippen molar-refractivity contribution in [2.45, 2.75) is 0 Å². The van der Waals surface area contributed by atoms with Crippen LogP contribution in [-0.2, 0) is 9.53 Å². The number of nitriles is 1. The second-order valence-electron chi connectivity index (χ2n) is 4.14. The van der Waals surface area contributed by atoms with Crippen LogP contribution in [0, 0.1) is 11.3 Å². The molecule has 0 saturated heterocycles. The van der Waals surface area contributed by atoms with E-state index in [1.54, 1.807) is 18.2 Å². The summed E-state index contributed by atoms with van der Waals surface area (Å²) in [7, 11) is 1.33. The van der Waals surface area contributed by atoms with E-state index in [-0.39, 0.29) is 0 Å². The average Bonchev–Trinajstić information content (AvgIpc) is 2.53. The van der Waals surface area contributed by atoms with Crippen molar-refractivity contribution in [3.8, 4) is 17.2 Å². The molecule has 2 aromatic carbocycles. The van der Waals surface area contributed by atoms with Crippen LogP contribution < -0.4 is 0 Å². The first-order chi connectivity index (χ1) is 9.74. The quantitative estimate of drug-likeness (QED) is 0.629. The van der Waals surface area contributed by atoms with Gasteiger partial charge in [0.25, 0.3) is 0 Å². The van der Waals surface area contributed by atoms with Gasteiger partial charge >= 0.3 is 5.97 Å². The molecule has 0 saturated carbocycles. The van der Waals surface area contributed by atoms with E-state index >= 15 is 0 Å². The van der Waals surface area contributed by atoms with E-state index in [0.29, 0.717) is 5.56 Å². The fourth-order valence-corrected chi connectivity index (χ4v) is 1.88. The molecule has 0 radical (unpaired) electrons. The minimum Gasteiger partial charge on any atom is -0.466 e. The minimum atomic E-state index is -0.425. The number of benzene rings is 2. The van der Waals surface area contributed by atoms with Crippen LogP contribution in [0.3, 0.4) is 0 Å². The molecule has 0 fully saturated rings. The van der Waals surface area contributed by atoms with Gasteiger partial charge in [0.15, 0.2) is 0 Å². The first kappa shape index (κ1) is 13.6. The highest BCUT2D eigenvalue weighted by Crippen LogP contribution is 2.25. The van der Waals surface area contributed by atoms with Gasteiger partial charge in [0.2, 0.25) is 0 Å². The Balaban J connectivity index is 2.49. The van der Waals surface area contributed by atoms with E-state index in [4.69, 9.17) is 5.26 Å². The third kappa shape index (κ3) is 3.12. The highest BCUT2D eigenvalue weighted by molar-refractivity contribution is 5.89. The third-order valence-electron chi connectivity index (χ3n) is 2.87. The summed E-state index contributed by atoms with van der Waals surface area (Å²) < 4.78 is 4.58. The lowest BCUT2D eigenvalue weighted by molar-refractivity contribution is -0.134. The molecule has 0 aliphatic rings. The molecule has 98 valence electrons. The Morgan fingerprint density at radius 1 is 1.20 bits per heavy atom. The second kappa shape index (κ2) is 6.35. The van der Waals surface area contributed by atoms with Crippen molar-refractivity contribution < 1.29 is 9.53 Å². The molecule has 0 heterocycles. The van der Waals surface area contributed by atoms with Crippen LogP contribution in [0.25, 0.3) is 17.2 Å². The number of carbonyl (C=O) groups is 1. The van der Waals surface area contributed by atoms with Crippen molar-refractivity contribution >= 4 is 12.0 Å². The van der Waals surface area contributed by atoms with Gasteiger partial charge in [0, 0.05) is 6.08 Å². The fourth-order valence-electron chi connectivity index (χ4n) is 1.88. The van der Waals surface area contributed by atoms with Crippen LogP contribution in [0.2, 0.25) is 0 Å². The number of methoxy groups -OCH3 is 1. The first-order valence-corrected chi connectivity index (χ1v) is 6.10. The maximum absolute atomic E-state index is 11.2. The minimum absolute atomic E-state index is 0.425. The zero-order valence-corrected chi connectivity index (χ0v) is 11.0. The Hall–Kier alpha value is -2.86. The van der Waals surface area contributed by atoms with Gasteiger partial charge < -0.3 is 4.74 Å². The molecule has 0 aromatic heterocycles. The van der Waals surface area contributed by atoms with E-state index in [9.17, 15) is 4.79 Å². The first-order valence-electron chi connectivity index (χ1n) is 6.10. The lowest BCUT2D eigenvalue weighted by Crippen LogP contribution is -1.94. The highest BCUT2D eigenvalue weighted by Gasteiger charge is 2.04. The number of rotatable bonds is 3. The summed E-state index contributed by atoms with van der Waals surface area (Å²) in [6.07, 6.45) is 3.01. The summed E-state index contributed by atoms with van der Waals surface area (Å²) in [5.41, 5.74) is 3.35. The summed E-state index contributed by atoms with van der Waals surface area (Å²) in [6.45, 7) is 0. The van der Waals surface area contributed by atoms with Crippen molar-refractivity contribution in [2.24, 2.45) is 0 Å². The Morgan fingerprint density at radius 3 is 2.60 bits per heavy atom. The fraction of sp³-hybridized carbons (Fsp3) is 0.0588. The van der Waals surface area contributed by atoms with Crippen LogP contribution >= 0.6 is 0 Å². The van der Waals surface area contributed by atoms with Gasteiger partial charge in [-0.25, -0.2) is 4.79 Å². The smallest absolute Gasteiger partial charge is 0.330 e. The average molecular weight is 263 g/mol. The summed E-state index contributed by atoms with van der Waals surface area (Å²) in [6, 6.07) is 17.3. The zero-order valence-electron chi connectivity index (χ0n) is 11.0. The monoisotopic (exact) mass is 263 g/mol. The summed E-state index contributed by atoms with van der Waals surface area (Å²) >= 11 is 0. The van der Waals surface area contributed by atoms with Crippen molar-refractivity contribution in [3.05, 3.63) is 65.7 Å². The van der Waals surface area contributed by atoms with Crippen LogP contribution in [0.15, 0.2) is 54.6 Å². The molecule has 0 N–H and O–H groups in total. The van der Waals surface area contributed by atoms with E-state index < -0.39 is 5.97 Å². The number of esters is 1. The number of ether oxygens (including phenoxy) is 1. The molecule has 20 heavy (non-hydrogen) atoms. The van der Waals surface area contributed by atoms with E-state index in [1.165, 1.54) is 13.2 Å². The molecule has 3 nitrogen and oxygen atoms in total. The summed E-state index contributed by atoms with van der Waals surface area (Å²) in [4.78, 5) is 11.2. The van der Waals surface area contributed by atoms with Crippen molar-refractivity contribution in [1.29, 1.82) is 5.26 Å². The molecule has 0 aliphatic carbocycles. The number of hydrogen-bond acceptors (Lipinski definition) is 3. The SMILES string of the molecule is COC(=O)C=Cc1cc(C#N)ccc1-c1ccccc1. The van der Waals surface area contributed by atoms with Gasteiger partial charge in [-0.05, 0) is 34.9 Å². The van der Waals surface area contributed by atoms with E-state index in [1.807, 2.05) is 36.4 Å². The van der Waals surface area contributed by atoms with Crippen molar-refractivity contribution in [2.75, 3.05) is 7.11 Å². The van der Waals surface area contributed by atoms with Gasteiger partial charge in [-0.3, -0.25) is 0 Å². The summed E-state index contributed by atoms with van der Waals surface area (Å²) in [5.74, 6) is -0.425. The Kier molecular flexibility index (Phi) is 4.31. The topological polar surface area (TPSA) is 50.1 Å². The molecule has 2 rings (SSSR count). The maximum Gasteiger partial charge on any atom is 0.330 e. The molecule has 0 bridgehead atoms. The Bertz CT molecular complexity index is 682. The predicted octanol–water partition coefficient (Wildman–Crippen LogP) is 3.41. The Labute approximate surface area is 117 Å². The molecular weight excluding hydrogens is 250 g/mol. The molecule has 0 aliphatic heterocycles. The van der Waals surface area contributed by atoms with Gasteiger partial charge in [0.1, 0.15) is 0 Å². The zero-order chi connectivity index (χ0) is 14.4. The lowest BCUT2D eigenvalue weighted by atomic mass is 9.97. The highest BCUT2D eigenvalue weighted by atomic mass is 16.5. The molecule has 3 heteroatoms. The predicted molar refractivity (Wildman–Crippen MR) is 77.6 cm³/mol. The molecule has 0 amide bonds. The maximum atomic E-state index is 11.2. The lowest BCUT2D eigenvalue weighted by Gasteiger charge is -2.07. The largest absolute Gasteiger partial charge is 0.466 e. The van der Waals surface area contributed by atoms with Crippen molar-refractivity contribution in [1.82, 2.24) is 0 Å². The standard InChI is InChI=1S/C17H13NO2/c1-20-17(19)10-8-15-11-13(12-18)7-9-16(15)14-5-3-2-4-6-14/h2-11H,1H3. The van der Waals surface area contributed by atoms with Gasteiger partial charge in [0.05, 0.1) is 18.7 Å². The third-order valence-corrected chi connectivity index (χ3v) is 2.87. The molecule has 0 unspecified atom stereocenters. The van der Waals surface area contributed by atoms with Gasteiger partial charge in [-0.1, -0.05) is 36.4 Å². The van der Waals surface area contributed by atoms with Gasteiger partial charge in [-0.2, -0.15) is 5.26 Å². The van der Waals surface area contributed by atoms with Crippen molar-refractivity contribution in [3.63, 3.8) is 0 Å². The Morgan fingerprint density at radius 2 is 1.95 bits per heavy atom. The number of nitrogens with zero attached hydrogens (tertiary/aromatic N) is 1. The van der Waals surface area contributed by atoms with Crippen LogP contribution in [0.1, 0.15) is 11.1 Å². The second-order valence-corrected chi connectivity index (χ2v) is 4.14. The van der Waals surface area contributed by atoms with Gasteiger partial charge in [-0.15, -0.1) is 0 Å².